The van der Waals surface area contributed by atoms with E-state index in [0.717, 1.165) is 11.1 Å². The van der Waals surface area contributed by atoms with Crippen LogP contribution in [0.15, 0.2) is 42.5 Å². The molecule has 5 heteroatoms. The first kappa shape index (κ1) is 19.5. The fourth-order valence-corrected chi connectivity index (χ4v) is 2.49. The highest BCUT2D eigenvalue weighted by atomic mass is 16.5. The summed E-state index contributed by atoms with van der Waals surface area (Å²) < 4.78 is 10.8. The van der Waals surface area contributed by atoms with Crippen LogP contribution in [0.25, 0.3) is 0 Å². The molecular formula is C21H25NO4. The van der Waals surface area contributed by atoms with Crippen molar-refractivity contribution in [2.45, 2.75) is 40.2 Å². The summed E-state index contributed by atoms with van der Waals surface area (Å²) in [6, 6.07) is 12.7. The van der Waals surface area contributed by atoms with E-state index in [9.17, 15) is 9.59 Å². The molecule has 26 heavy (non-hydrogen) atoms. The second-order valence-electron chi connectivity index (χ2n) is 6.07. The van der Waals surface area contributed by atoms with Crippen LogP contribution in [0.3, 0.4) is 0 Å². The lowest BCUT2D eigenvalue weighted by Crippen LogP contribution is -2.32. The van der Waals surface area contributed by atoms with Crippen LogP contribution in [-0.4, -0.2) is 24.6 Å². The van der Waals surface area contributed by atoms with Gasteiger partial charge in [0.1, 0.15) is 5.75 Å². The summed E-state index contributed by atoms with van der Waals surface area (Å²) >= 11 is 0. The Morgan fingerprint density at radius 1 is 1.08 bits per heavy atom. The first-order valence-corrected chi connectivity index (χ1v) is 8.76. The van der Waals surface area contributed by atoms with Gasteiger partial charge in [-0.05, 0) is 62.6 Å². The molecule has 1 N–H and O–H groups in total. The Hall–Kier alpha value is -2.82. The average Bonchev–Trinajstić information content (AvgIpc) is 2.61. The number of benzene rings is 2. The zero-order valence-corrected chi connectivity index (χ0v) is 15.7. The minimum Gasteiger partial charge on any atom is -0.481 e. The van der Waals surface area contributed by atoms with Crippen molar-refractivity contribution < 1.29 is 19.1 Å². The topological polar surface area (TPSA) is 64.6 Å². The molecule has 0 saturated carbocycles. The third kappa shape index (κ3) is 5.09. The van der Waals surface area contributed by atoms with Crippen molar-refractivity contribution in [1.82, 2.24) is 0 Å². The van der Waals surface area contributed by atoms with Crippen LogP contribution >= 0.6 is 0 Å². The molecule has 138 valence electrons. The van der Waals surface area contributed by atoms with E-state index >= 15 is 0 Å². The molecule has 0 fully saturated rings. The number of amides is 1. The molecule has 1 unspecified atom stereocenters. The van der Waals surface area contributed by atoms with E-state index in [-0.39, 0.29) is 5.91 Å². The maximum Gasteiger partial charge on any atom is 0.338 e. The van der Waals surface area contributed by atoms with Crippen LogP contribution in [0.1, 0.15) is 41.8 Å². The second-order valence-corrected chi connectivity index (χ2v) is 6.07. The van der Waals surface area contributed by atoms with Gasteiger partial charge in [-0.3, -0.25) is 4.79 Å². The predicted molar refractivity (Wildman–Crippen MR) is 102 cm³/mol. The van der Waals surface area contributed by atoms with E-state index in [4.69, 9.17) is 9.47 Å². The average molecular weight is 355 g/mol. The lowest BCUT2D eigenvalue weighted by molar-refractivity contribution is -0.122. The van der Waals surface area contributed by atoms with Gasteiger partial charge in [-0.2, -0.15) is 0 Å². The van der Waals surface area contributed by atoms with Crippen LogP contribution in [0.2, 0.25) is 0 Å². The van der Waals surface area contributed by atoms with E-state index in [2.05, 4.69) is 5.32 Å². The van der Waals surface area contributed by atoms with Gasteiger partial charge in [0.15, 0.2) is 6.10 Å². The minimum absolute atomic E-state index is 0.252. The summed E-state index contributed by atoms with van der Waals surface area (Å²) in [7, 11) is 0. The number of ether oxygens (including phenoxy) is 2. The Morgan fingerprint density at radius 3 is 2.50 bits per heavy atom. The summed E-state index contributed by atoms with van der Waals surface area (Å²) in [5.41, 5.74) is 2.90. The van der Waals surface area contributed by atoms with Gasteiger partial charge >= 0.3 is 5.97 Å². The van der Waals surface area contributed by atoms with Crippen LogP contribution in [0.5, 0.6) is 5.75 Å². The van der Waals surface area contributed by atoms with Crippen LogP contribution < -0.4 is 10.1 Å². The SMILES string of the molecule is CCOC(=O)c1ccc(C)c(NC(=O)C(CC)Oc2cccc(C)c2)c1. The largest absolute Gasteiger partial charge is 0.481 e. The highest BCUT2D eigenvalue weighted by Crippen LogP contribution is 2.20. The van der Waals surface area contributed by atoms with Gasteiger partial charge in [0.05, 0.1) is 12.2 Å². The summed E-state index contributed by atoms with van der Waals surface area (Å²) in [5.74, 6) is -0.00633. The van der Waals surface area contributed by atoms with Gasteiger partial charge in [0.25, 0.3) is 5.91 Å². The molecule has 5 nitrogen and oxygen atoms in total. The van der Waals surface area contributed by atoms with Crippen molar-refractivity contribution in [3.05, 3.63) is 59.2 Å². The van der Waals surface area contributed by atoms with Crippen LogP contribution in [0.4, 0.5) is 5.69 Å². The zero-order valence-electron chi connectivity index (χ0n) is 15.7. The number of hydrogen-bond acceptors (Lipinski definition) is 4. The number of anilines is 1. The molecular weight excluding hydrogens is 330 g/mol. The molecule has 2 aromatic carbocycles. The lowest BCUT2D eigenvalue weighted by Gasteiger charge is -2.18. The van der Waals surface area contributed by atoms with E-state index in [0.29, 0.717) is 30.0 Å². The lowest BCUT2D eigenvalue weighted by atomic mass is 10.1. The third-order valence-corrected chi connectivity index (χ3v) is 3.94. The van der Waals surface area contributed by atoms with Crippen molar-refractivity contribution in [2.24, 2.45) is 0 Å². The summed E-state index contributed by atoms with van der Waals surface area (Å²) in [6.07, 6.45) is -0.0985. The van der Waals surface area contributed by atoms with Crippen molar-refractivity contribution in [1.29, 1.82) is 0 Å². The summed E-state index contributed by atoms with van der Waals surface area (Å²) in [4.78, 5) is 24.5. The molecule has 0 aliphatic heterocycles. The molecule has 0 aliphatic rings. The van der Waals surface area contributed by atoms with Crippen molar-refractivity contribution in [3.8, 4) is 5.75 Å². The van der Waals surface area contributed by atoms with E-state index in [1.807, 2.05) is 45.0 Å². The fraction of sp³-hybridized carbons (Fsp3) is 0.333. The predicted octanol–water partition coefficient (Wildman–Crippen LogP) is 4.28. The van der Waals surface area contributed by atoms with Crippen LogP contribution in [0, 0.1) is 13.8 Å². The molecule has 0 bridgehead atoms. The highest BCUT2D eigenvalue weighted by molar-refractivity contribution is 5.97. The van der Waals surface area contributed by atoms with Gasteiger partial charge in [0, 0.05) is 5.69 Å². The van der Waals surface area contributed by atoms with Crippen LogP contribution in [-0.2, 0) is 9.53 Å². The molecule has 0 aliphatic carbocycles. The Balaban J connectivity index is 2.14. The second kappa shape index (κ2) is 9.04. The summed E-state index contributed by atoms with van der Waals surface area (Å²) in [6.45, 7) is 7.78. The van der Waals surface area contributed by atoms with E-state index in [1.54, 1.807) is 25.1 Å². The maximum absolute atomic E-state index is 12.6. The first-order valence-electron chi connectivity index (χ1n) is 8.76. The number of hydrogen-bond donors (Lipinski definition) is 1. The minimum atomic E-state index is -0.623. The van der Waals surface area contributed by atoms with Crippen molar-refractivity contribution >= 4 is 17.6 Å². The fourth-order valence-electron chi connectivity index (χ4n) is 2.49. The Labute approximate surface area is 154 Å². The van der Waals surface area contributed by atoms with E-state index < -0.39 is 12.1 Å². The third-order valence-electron chi connectivity index (χ3n) is 3.94. The monoisotopic (exact) mass is 355 g/mol. The Morgan fingerprint density at radius 2 is 1.85 bits per heavy atom. The number of carbonyl (C=O) groups excluding carboxylic acids is 2. The first-order chi connectivity index (χ1) is 12.4. The molecule has 0 radical (unpaired) electrons. The van der Waals surface area contributed by atoms with Gasteiger partial charge in [-0.25, -0.2) is 4.79 Å². The molecule has 2 aromatic rings. The molecule has 0 heterocycles. The number of carbonyl (C=O) groups is 2. The maximum atomic E-state index is 12.6. The summed E-state index contributed by atoms with van der Waals surface area (Å²) in [5, 5.41) is 2.86. The molecule has 1 atom stereocenters. The Kier molecular flexibility index (Phi) is 6.78. The normalized spacial score (nSPS) is 11.5. The van der Waals surface area contributed by atoms with Gasteiger partial charge in [0.2, 0.25) is 0 Å². The number of nitrogens with one attached hydrogen (secondary N) is 1. The number of esters is 1. The Bertz CT molecular complexity index is 785. The zero-order chi connectivity index (χ0) is 19.1. The number of rotatable bonds is 7. The van der Waals surface area contributed by atoms with Crippen molar-refractivity contribution in [2.75, 3.05) is 11.9 Å². The molecule has 0 saturated heterocycles. The number of aryl methyl sites for hydroxylation is 2. The molecule has 0 spiro atoms. The standard InChI is InChI=1S/C21H25NO4/c1-5-19(26-17-9-7-8-14(3)12-17)20(23)22-18-13-16(11-10-15(18)4)21(24)25-6-2/h7-13,19H,5-6H2,1-4H3,(H,22,23). The van der Waals surface area contributed by atoms with Crippen molar-refractivity contribution in [3.63, 3.8) is 0 Å². The molecule has 0 aromatic heterocycles. The smallest absolute Gasteiger partial charge is 0.338 e. The van der Waals surface area contributed by atoms with Gasteiger partial charge < -0.3 is 14.8 Å². The molecule has 2 rings (SSSR count). The quantitative estimate of drug-likeness (QED) is 0.753. The molecule has 1 amide bonds. The van der Waals surface area contributed by atoms with E-state index in [1.165, 1.54) is 0 Å². The van der Waals surface area contributed by atoms with Gasteiger partial charge in [-0.1, -0.05) is 25.1 Å². The highest BCUT2D eigenvalue weighted by Gasteiger charge is 2.20. The van der Waals surface area contributed by atoms with Gasteiger partial charge in [-0.15, -0.1) is 0 Å².